The Labute approximate surface area is 69.5 Å². The molecule has 0 aliphatic heterocycles. The minimum Gasteiger partial charge on any atom is -0.481 e. The van der Waals surface area contributed by atoms with Gasteiger partial charge in [-0.25, -0.2) is 4.79 Å². The number of rotatable bonds is 3. The van der Waals surface area contributed by atoms with E-state index in [1.165, 1.54) is 0 Å². The van der Waals surface area contributed by atoms with Crippen LogP contribution >= 0.6 is 0 Å². The molecule has 0 radical (unpaired) electrons. The van der Waals surface area contributed by atoms with E-state index in [0.29, 0.717) is 12.8 Å². The van der Waals surface area contributed by atoms with Crippen LogP contribution in [-0.4, -0.2) is 22.2 Å². The molecule has 1 aliphatic rings. The number of hydrogen-bond donors (Lipinski definition) is 2. The van der Waals surface area contributed by atoms with Crippen LogP contribution in [0.3, 0.4) is 0 Å². The molecule has 0 atom stereocenters. The van der Waals surface area contributed by atoms with Crippen molar-refractivity contribution in [3.05, 3.63) is 12.2 Å². The fourth-order valence-electron chi connectivity index (χ4n) is 1.24. The zero-order valence-corrected chi connectivity index (χ0v) is 6.43. The lowest BCUT2D eigenvalue weighted by Gasteiger charge is -2.29. The second kappa shape index (κ2) is 3.38. The Hall–Kier alpha value is -1.32. The summed E-state index contributed by atoms with van der Waals surface area (Å²) in [5.74, 6) is -1.89. The van der Waals surface area contributed by atoms with Crippen LogP contribution in [0.1, 0.15) is 12.8 Å². The predicted octanol–water partition coefficient (Wildman–Crippen LogP) is 0.738. The first kappa shape index (κ1) is 8.77. The highest BCUT2D eigenvalue weighted by atomic mass is 16.4. The van der Waals surface area contributed by atoms with Crippen molar-refractivity contribution >= 4 is 11.9 Å². The molecule has 0 aromatic heterocycles. The highest BCUT2D eigenvalue weighted by Gasteiger charge is 2.32. The first-order valence-corrected chi connectivity index (χ1v) is 3.73. The molecular weight excluding hydrogens is 160 g/mol. The Bertz CT molecular complexity index is 225. The largest absolute Gasteiger partial charge is 0.481 e. The van der Waals surface area contributed by atoms with Gasteiger partial charge in [0.15, 0.2) is 0 Å². The second-order valence-electron chi connectivity index (χ2n) is 2.96. The van der Waals surface area contributed by atoms with E-state index in [9.17, 15) is 9.59 Å². The summed E-state index contributed by atoms with van der Waals surface area (Å²) in [7, 11) is 0. The zero-order chi connectivity index (χ0) is 9.14. The Morgan fingerprint density at radius 3 is 2.25 bits per heavy atom. The van der Waals surface area contributed by atoms with Crippen LogP contribution in [-0.2, 0) is 9.59 Å². The molecule has 4 nitrogen and oxygen atoms in total. The summed E-state index contributed by atoms with van der Waals surface area (Å²) in [6.45, 7) is 0. The average Bonchev–Trinajstić information content (AvgIpc) is 1.82. The number of allylic oxidation sites excluding steroid dienone is 1. The lowest BCUT2D eigenvalue weighted by atomic mass is 9.75. The van der Waals surface area contributed by atoms with Crippen LogP contribution in [0.25, 0.3) is 0 Å². The molecule has 12 heavy (non-hydrogen) atoms. The number of carboxylic acid groups (broad SMARTS) is 2. The quantitative estimate of drug-likeness (QED) is 0.612. The third-order valence-corrected chi connectivity index (χ3v) is 2.03. The van der Waals surface area contributed by atoms with Crippen molar-refractivity contribution in [2.75, 3.05) is 0 Å². The Morgan fingerprint density at radius 1 is 1.25 bits per heavy atom. The Balaban J connectivity index is 2.26. The van der Waals surface area contributed by atoms with Crippen LogP contribution in [0.2, 0.25) is 0 Å². The molecule has 0 amide bonds. The number of aliphatic carboxylic acids is 2. The standard InChI is InChI=1S/C8H10O4/c9-7(10)2-1-5-3-6(4-5)8(11)12/h1-2,5-6H,3-4H2,(H,9,10)(H,11,12)/b2-1+. The van der Waals surface area contributed by atoms with E-state index in [2.05, 4.69) is 0 Å². The maximum Gasteiger partial charge on any atom is 0.327 e. The van der Waals surface area contributed by atoms with Crippen LogP contribution in [0.4, 0.5) is 0 Å². The monoisotopic (exact) mass is 170 g/mol. The van der Waals surface area contributed by atoms with E-state index in [1.54, 1.807) is 6.08 Å². The minimum atomic E-state index is -0.978. The van der Waals surface area contributed by atoms with E-state index in [-0.39, 0.29) is 11.8 Å². The van der Waals surface area contributed by atoms with Gasteiger partial charge < -0.3 is 10.2 Å². The van der Waals surface area contributed by atoms with Crippen LogP contribution in [0.15, 0.2) is 12.2 Å². The molecule has 0 bridgehead atoms. The SMILES string of the molecule is O=C(O)/C=C/C1CC(C(=O)O)C1. The van der Waals surface area contributed by atoms with Gasteiger partial charge in [0.05, 0.1) is 5.92 Å². The fraction of sp³-hybridized carbons (Fsp3) is 0.500. The molecule has 1 rings (SSSR count). The van der Waals surface area contributed by atoms with E-state index in [4.69, 9.17) is 10.2 Å². The van der Waals surface area contributed by atoms with Gasteiger partial charge in [0.1, 0.15) is 0 Å². The predicted molar refractivity (Wildman–Crippen MR) is 40.6 cm³/mol. The zero-order valence-electron chi connectivity index (χ0n) is 6.43. The number of carbonyl (C=O) groups is 2. The molecule has 1 saturated carbocycles. The highest BCUT2D eigenvalue weighted by Crippen LogP contribution is 2.34. The molecule has 4 heteroatoms. The van der Waals surface area contributed by atoms with Gasteiger partial charge in [-0.1, -0.05) is 6.08 Å². The normalized spacial score (nSPS) is 28.3. The van der Waals surface area contributed by atoms with Gasteiger partial charge in [-0.05, 0) is 18.8 Å². The van der Waals surface area contributed by atoms with Crippen molar-refractivity contribution < 1.29 is 19.8 Å². The second-order valence-corrected chi connectivity index (χ2v) is 2.96. The van der Waals surface area contributed by atoms with Gasteiger partial charge in [0.2, 0.25) is 0 Å². The van der Waals surface area contributed by atoms with E-state index >= 15 is 0 Å². The van der Waals surface area contributed by atoms with Gasteiger partial charge in [-0.3, -0.25) is 4.79 Å². The Morgan fingerprint density at radius 2 is 1.83 bits per heavy atom. The van der Waals surface area contributed by atoms with Gasteiger partial charge in [-0.2, -0.15) is 0 Å². The summed E-state index contributed by atoms with van der Waals surface area (Å²) in [5.41, 5.74) is 0. The summed E-state index contributed by atoms with van der Waals surface area (Å²) in [4.78, 5) is 20.4. The number of hydrogen-bond acceptors (Lipinski definition) is 2. The van der Waals surface area contributed by atoms with Crippen molar-refractivity contribution in [3.8, 4) is 0 Å². The van der Waals surface area contributed by atoms with Gasteiger partial charge >= 0.3 is 11.9 Å². The molecule has 0 aromatic rings. The van der Waals surface area contributed by atoms with Crippen molar-refractivity contribution in [3.63, 3.8) is 0 Å². The Kier molecular flexibility index (Phi) is 2.47. The van der Waals surface area contributed by atoms with E-state index in [1.807, 2.05) is 0 Å². The highest BCUT2D eigenvalue weighted by molar-refractivity contribution is 5.79. The molecule has 0 saturated heterocycles. The molecule has 0 heterocycles. The van der Waals surface area contributed by atoms with Gasteiger partial charge in [0, 0.05) is 6.08 Å². The summed E-state index contributed by atoms with van der Waals surface area (Å²) in [6, 6.07) is 0. The molecular formula is C8H10O4. The molecule has 2 N–H and O–H groups in total. The van der Waals surface area contributed by atoms with Crippen molar-refractivity contribution in [2.24, 2.45) is 11.8 Å². The molecule has 0 spiro atoms. The summed E-state index contributed by atoms with van der Waals surface area (Å²) >= 11 is 0. The molecule has 0 aromatic carbocycles. The third-order valence-electron chi connectivity index (χ3n) is 2.03. The van der Waals surface area contributed by atoms with Crippen molar-refractivity contribution in [1.82, 2.24) is 0 Å². The van der Waals surface area contributed by atoms with Crippen LogP contribution < -0.4 is 0 Å². The van der Waals surface area contributed by atoms with Crippen molar-refractivity contribution in [2.45, 2.75) is 12.8 Å². The fourth-order valence-corrected chi connectivity index (χ4v) is 1.24. The molecule has 1 aliphatic carbocycles. The number of carboxylic acids is 2. The summed E-state index contributed by atoms with van der Waals surface area (Å²) < 4.78 is 0. The molecule has 0 unspecified atom stereocenters. The topological polar surface area (TPSA) is 74.6 Å². The average molecular weight is 170 g/mol. The van der Waals surface area contributed by atoms with Gasteiger partial charge in [0.25, 0.3) is 0 Å². The first-order chi connectivity index (χ1) is 5.59. The maximum absolute atomic E-state index is 10.3. The van der Waals surface area contributed by atoms with Crippen molar-refractivity contribution in [1.29, 1.82) is 0 Å². The van der Waals surface area contributed by atoms with E-state index < -0.39 is 11.9 Å². The third kappa shape index (κ3) is 2.08. The van der Waals surface area contributed by atoms with Gasteiger partial charge in [-0.15, -0.1) is 0 Å². The minimum absolute atomic E-state index is 0.141. The lowest BCUT2D eigenvalue weighted by Crippen LogP contribution is -2.29. The van der Waals surface area contributed by atoms with E-state index in [0.717, 1.165) is 6.08 Å². The smallest absolute Gasteiger partial charge is 0.327 e. The summed E-state index contributed by atoms with van der Waals surface area (Å²) in [6.07, 6.45) is 3.77. The lowest BCUT2D eigenvalue weighted by molar-refractivity contribution is -0.145. The first-order valence-electron chi connectivity index (χ1n) is 3.73. The van der Waals surface area contributed by atoms with Crippen LogP contribution in [0, 0.1) is 11.8 Å². The molecule has 1 fully saturated rings. The maximum atomic E-state index is 10.3. The van der Waals surface area contributed by atoms with Crippen LogP contribution in [0.5, 0.6) is 0 Å². The summed E-state index contributed by atoms with van der Waals surface area (Å²) in [5, 5.41) is 16.7. The molecule has 66 valence electrons.